The maximum atomic E-state index is 8.98. The molecule has 0 rings (SSSR count). The van der Waals surface area contributed by atoms with Crippen LogP contribution in [0.4, 0.5) is 0 Å². The smallest absolute Gasteiger partial charge is 0.0933 e. The first-order chi connectivity index (χ1) is 7.28. The molecule has 6 heteroatoms. The standard InChI is InChI=1S/C9H21NO5/c11-3-1-10(2-4-12)7-9(8-14)15-6-5-13/h9,11-14H,1-8H2. The van der Waals surface area contributed by atoms with Crippen molar-refractivity contribution in [1.29, 1.82) is 0 Å². The molecule has 0 radical (unpaired) electrons. The largest absolute Gasteiger partial charge is 0.395 e. The van der Waals surface area contributed by atoms with Crippen molar-refractivity contribution in [2.75, 3.05) is 52.7 Å². The summed E-state index contributed by atoms with van der Waals surface area (Å²) in [4.78, 5) is 1.79. The third-order valence-electron chi connectivity index (χ3n) is 1.94. The summed E-state index contributed by atoms with van der Waals surface area (Å²) >= 11 is 0. The summed E-state index contributed by atoms with van der Waals surface area (Å²) in [5.41, 5.74) is 0. The van der Waals surface area contributed by atoms with Crippen LogP contribution in [-0.4, -0.2) is 84.1 Å². The highest BCUT2D eigenvalue weighted by atomic mass is 16.5. The molecule has 0 aromatic heterocycles. The molecule has 0 aliphatic carbocycles. The minimum absolute atomic E-state index is 0.00184. The zero-order valence-electron chi connectivity index (χ0n) is 8.88. The van der Waals surface area contributed by atoms with Crippen LogP contribution >= 0.6 is 0 Å². The van der Waals surface area contributed by atoms with Gasteiger partial charge in [0.05, 0.1) is 39.1 Å². The Balaban J connectivity index is 3.85. The van der Waals surface area contributed by atoms with Gasteiger partial charge in [0, 0.05) is 19.6 Å². The van der Waals surface area contributed by atoms with E-state index in [1.807, 2.05) is 0 Å². The lowest BCUT2D eigenvalue weighted by atomic mass is 10.3. The molecule has 0 amide bonds. The van der Waals surface area contributed by atoms with Crippen molar-refractivity contribution in [3.05, 3.63) is 0 Å². The van der Waals surface area contributed by atoms with E-state index >= 15 is 0 Å². The van der Waals surface area contributed by atoms with Crippen LogP contribution < -0.4 is 0 Å². The second kappa shape index (κ2) is 10.3. The quantitative estimate of drug-likeness (QED) is 0.331. The summed E-state index contributed by atoms with van der Waals surface area (Å²) in [5.74, 6) is 0. The van der Waals surface area contributed by atoms with E-state index in [4.69, 9.17) is 25.2 Å². The van der Waals surface area contributed by atoms with Crippen molar-refractivity contribution in [2.24, 2.45) is 0 Å². The van der Waals surface area contributed by atoms with Crippen LogP contribution in [0.25, 0.3) is 0 Å². The first kappa shape index (κ1) is 14.8. The summed E-state index contributed by atoms with van der Waals surface area (Å²) in [6.45, 7) is 1.23. The van der Waals surface area contributed by atoms with Gasteiger partial charge < -0.3 is 25.2 Å². The first-order valence-corrected chi connectivity index (χ1v) is 5.05. The van der Waals surface area contributed by atoms with Gasteiger partial charge in [-0.25, -0.2) is 0 Å². The van der Waals surface area contributed by atoms with Gasteiger partial charge in [0.25, 0.3) is 0 Å². The number of hydrogen-bond donors (Lipinski definition) is 4. The molecule has 0 aromatic rings. The molecule has 0 aliphatic heterocycles. The maximum Gasteiger partial charge on any atom is 0.0933 e. The molecule has 6 nitrogen and oxygen atoms in total. The van der Waals surface area contributed by atoms with Gasteiger partial charge in [-0.15, -0.1) is 0 Å². The molecular weight excluding hydrogens is 202 g/mol. The van der Waals surface area contributed by atoms with E-state index in [-0.39, 0.29) is 33.0 Å². The number of ether oxygens (including phenoxy) is 1. The normalized spacial score (nSPS) is 13.4. The van der Waals surface area contributed by atoms with Crippen molar-refractivity contribution in [1.82, 2.24) is 4.90 Å². The highest BCUT2D eigenvalue weighted by Gasteiger charge is 2.13. The van der Waals surface area contributed by atoms with Crippen molar-refractivity contribution in [2.45, 2.75) is 6.10 Å². The van der Waals surface area contributed by atoms with E-state index in [2.05, 4.69) is 0 Å². The topological polar surface area (TPSA) is 93.4 Å². The Bertz CT molecular complexity index is 130. The molecule has 0 fully saturated rings. The molecule has 1 atom stereocenters. The minimum Gasteiger partial charge on any atom is -0.395 e. The molecule has 0 bridgehead atoms. The molecular formula is C9H21NO5. The van der Waals surface area contributed by atoms with Gasteiger partial charge in [0.1, 0.15) is 0 Å². The van der Waals surface area contributed by atoms with E-state index < -0.39 is 6.10 Å². The van der Waals surface area contributed by atoms with Crippen LogP contribution in [0.5, 0.6) is 0 Å². The predicted octanol–water partition coefficient (Wildman–Crippen LogP) is -2.36. The lowest BCUT2D eigenvalue weighted by molar-refractivity contribution is -0.0247. The van der Waals surface area contributed by atoms with Crippen LogP contribution in [0.2, 0.25) is 0 Å². The van der Waals surface area contributed by atoms with E-state index in [9.17, 15) is 0 Å². The van der Waals surface area contributed by atoms with Gasteiger partial charge in [0.2, 0.25) is 0 Å². The van der Waals surface area contributed by atoms with Gasteiger partial charge in [-0.2, -0.15) is 0 Å². The summed E-state index contributed by atoms with van der Waals surface area (Å²) in [6.07, 6.45) is -0.393. The van der Waals surface area contributed by atoms with Gasteiger partial charge >= 0.3 is 0 Å². The average Bonchev–Trinajstić information content (AvgIpc) is 2.24. The molecule has 0 saturated carbocycles. The number of rotatable bonds is 10. The van der Waals surface area contributed by atoms with E-state index in [1.54, 1.807) is 4.90 Å². The molecule has 1 unspecified atom stereocenters. The minimum atomic E-state index is -0.393. The third-order valence-corrected chi connectivity index (χ3v) is 1.94. The van der Waals surface area contributed by atoms with Gasteiger partial charge in [-0.05, 0) is 0 Å². The Morgan fingerprint density at radius 1 is 0.933 bits per heavy atom. The molecule has 0 heterocycles. The van der Waals surface area contributed by atoms with Gasteiger partial charge in [-0.3, -0.25) is 4.90 Å². The highest BCUT2D eigenvalue weighted by molar-refractivity contribution is 4.65. The molecule has 0 aliphatic rings. The van der Waals surface area contributed by atoms with Crippen LogP contribution in [-0.2, 0) is 4.74 Å². The molecule has 4 N–H and O–H groups in total. The van der Waals surface area contributed by atoms with Crippen molar-refractivity contribution < 1.29 is 25.2 Å². The Morgan fingerprint density at radius 3 is 1.93 bits per heavy atom. The Labute approximate surface area is 89.7 Å². The maximum absolute atomic E-state index is 8.98. The fraction of sp³-hybridized carbons (Fsp3) is 1.00. The average molecular weight is 223 g/mol. The van der Waals surface area contributed by atoms with Crippen LogP contribution in [0.3, 0.4) is 0 Å². The SMILES string of the molecule is OCCOC(CO)CN(CCO)CCO. The predicted molar refractivity (Wildman–Crippen MR) is 54.5 cm³/mol. The summed E-state index contributed by atoms with van der Waals surface area (Å²) in [6, 6.07) is 0. The van der Waals surface area contributed by atoms with Crippen molar-refractivity contribution in [3.63, 3.8) is 0 Å². The molecule has 0 saturated heterocycles. The number of aliphatic hydroxyl groups excluding tert-OH is 4. The lowest BCUT2D eigenvalue weighted by Crippen LogP contribution is -2.39. The summed E-state index contributed by atoms with van der Waals surface area (Å²) in [5, 5.41) is 35.0. The fourth-order valence-corrected chi connectivity index (χ4v) is 1.25. The van der Waals surface area contributed by atoms with E-state index in [0.717, 1.165) is 0 Å². The Morgan fingerprint density at radius 2 is 1.53 bits per heavy atom. The number of aliphatic hydroxyl groups is 4. The van der Waals surface area contributed by atoms with E-state index in [0.29, 0.717) is 19.6 Å². The molecule has 0 aromatic carbocycles. The second-order valence-corrected chi connectivity index (χ2v) is 3.15. The zero-order valence-corrected chi connectivity index (χ0v) is 8.88. The van der Waals surface area contributed by atoms with Gasteiger partial charge in [0.15, 0.2) is 0 Å². The van der Waals surface area contributed by atoms with Crippen molar-refractivity contribution in [3.8, 4) is 0 Å². The third kappa shape index (κ3) is 7.66. The van der Waals surface area contributed by atoms with Gasteiger partial charge in [-0.1, -0.05) is 0 Å². The zero-order chi connectivity index (χ0) is 11.5. The number of hydrogen-bond acceptors (Lipinski definition) is 6. The molecule has 0 spiro atoms. The lowest BCUT2D eigenvalue weighted by Gasteiger charge is -2.25. The number of nitrogens with zero attached hydrogens (tertiary/aromatic N) is 1. The summed E-state index contributed by atoms with van der Waals surface area (Å²) < 4.78 is 5.16. The molecule has 15 heavy (non-hydrogen) atoms. The first-order valence-electron chi connectivity index (χ1n) is 5.05. The monoisotopic (exact) mass is 223 g/mol. The van der Waals surface area contributed by atoms with Crippen LogP contribution in [0, 0.1) is 0 Å². The van der Waals surface area contributed by atoms with Crippen LogP contribution in [0.15, 0.2) is 0 Å². The second-order valence-electron chi connectivity index (χ2n) is 3.15. The van der Waals surface area contributed by atoms with Crippen LogP contribution in [0.1, 0.15) is 0 Å². The van der Waals surface area contributed by atoms with Crippen molar-refractivity contribution >= 4 is 0 Å². The Kier molecular flexibility index (Phi) is 10.1. The summed E-state index contributed by atoms with van der Waals surface area (Å²) in [7, 11) is 0. The highest BCUT2D eigenvalue weighted by Crippen LogP contribution is 1.96. The molecule has 92 valence electrons. The Hall–Kier alpha value is -0.240. The van der Waals surface area contributed by atoms with E-state index in [1.165, 1.54) is 0 Å². The fourth-order valence-electron chi connectivity index (χ4n) is 1.25.